The Labute approximate surface area is 161 Å². The van der Waals surface area contributed by atoms with Crippen LogP contribution in [0.1, 0.15) is 18.7 Å². The van der Waals surface area contributed by atoms with Crippen molar-refractivity contribution >= 4 is 40.6 Å². The van der Waals surface area contributed by atoms with Crippen molar-refractivity contribution < 1.29 is 9.21 Å². The summed E-state index contributed by atoms with van der Waals surface area (Å²) < 4.78 is 5.39. The first-order valence-corrected chi connectivity index (χ1v) is 9.49. The number of carbonyl (C=O) groups excluding carboxylic acids is 1. The van der Waals surface area contributed by atoms with Gasteiger partial charge in [-0.05, 0) is 49.4 Å². The number of hydrogen-bond acceptors (Lipinski definition) is 4. The Morgan fingerprint density at radius 1 is 1.15 bits per heavy atom. The summed E-state index contributed by atoms with van der Waals surface area (Å²) in [5.41, 5.74) is 1.70. The van der Waals surface area contributed by atoms with E-state index < -0.39 is 0 Å². The second kappa shape index (κ2) is 7.19. The third kappa shape index (κ3) is 3.26. The molecule has 0 fully saturated rings. The van der Waals surface area contributed by atoms with Gasteiger partial charge in [-0.3, -0.25) is 15.0 Å². The topological polar surface area (TPSA) is 45.5 Å². The number of hydrogen-bond donors (Lipinski definition) is 1. The minimum absolute atomic E-state index is 0.0420. The molecule has 2 heterocycles. The van der Waals surface area contributed by atoms with Crippen molar-refractivity contribution in [2.75, 3.05) is 11.4 Å². The van der Waals surface area contributed by atoms with Gasteiger partial charge in [-0.1, -0.05) is 35.5 Å². The molecule has 1 N–H and O–H groups in total. The number of halogens is 1. The van der Waals surface area contributed by atoms with Gasteiger partial charge in [0.05, 0.1) is 30.2 Å². The van der Waals surface area contributed by atoms with Gasteiger partial charge in [-0.2, -0.15) is 0 Å². The molecule has 0 radical (unpaired) electrons. The molecule has 4 nitrogen and oxygen atoms in total. The van der Waals surface area contributed by atoms with Crippen LogP contribution in [0, 0.1) is 0 Å². The number of anilines is 2. The van der Waals surface area contributed by atoms with Crippen molar-refractivity contribution in [3.8, 4) is 0 Å². The maximum Gasteiger partial charge on any atom is 0.245 e. The molecule has 1 aromatic heterocycles. The van der Waals surface area contributed by atoms with E-state index in [0.29, 0.717) is 5.02 Å². The summed E-state index contributed by atoms with van der Waals surface area (Å²) in [6.45, 7) is 2.16. The summed E-state index contributed by atoms with van der Waals surface area (Å²) >= 11 is 7.84. The highest BCUT2D eigenvalue weighted by Crippen LogP contribution is 2.48. The highest BCUT2D eigenvalue weighted by molar-refractivity contribution is 7.99. The number of fused-ring (bicyclic) bond motifs is 2. The molecular formula is C20H17ClN2O2S. The fourth-order valence-electron chi connectivity index (χ4n) is 2.95. The first-order valence-electron chi connectivity index (χ1n) is 8.29. The maximum atomic E-state index is 13.1. The number of nitrogens with zero attached hydrogens (tertiary/aromatic N) is 1. The first-order chi connectivity index (χ1) is 12.6. The average molecular weight is 385 g/mol. The molecule has 0 aliphatic carbocycles. The lowest BCUT2D eigenvalue weighted by atomic mass is 10.2. The molecule has 1 amide bonds. The highest BCUT2D eigenvalue weighted by Gasteiger charge is 2.28. The number of carbonyl (C=O) groups is 1. The van der Waals surface area contributed by atoms with E-state index in [4.69, 9.17) is 16.0 Å². The molecule has 0 saturated heterocycles. The molecular weight excluding hydrogens is 368 g/mol. The van der Waals surface area contributed by atoms with Crippen LogP contribution in [0.15, 0.2) is 75.1 Å². The number of para-hydroxylation sites is 1. The van der Waals surface area contributed by atoms with E-state index in [1.165, 1.54) is 0 Å². The standard InChI is InChI=1S/C20H17ClN2O2S/c1-13(17-6-4-10-25-17)22-12-20(24)23-15-5-2-3-7-18(15)26-19-9-8-14(21)11-16(19)23/h2-11,13,22H,12H2,1H3/t13-/m1/s1. The van der Waals surface area contributed by atoms with Gasteiger partial charge in [0.25, 0.3) is 0 Å². The summed E-state index contributed by atoms with van der Waals surface area (Å²) in [5.74, 6) is 0.760. The van der Waals surface area contributed by atoms with Crippen molar-refractivity contribution in [2.45, 2.75) is 22.8 Å². The Balaban J connectivity index is 1.62. The second-order valence-electron chi connectivity index (χ2n) is 6.03. The van der Waals surface area contributed by atoms with Gasteiger partial charge in [-0.15, -0.1) is 0 Å². The van der Waals surface area contributed by atoms with Gasteiger partial charge >= 0.3 is 0 Å². The lowest BCUT2D eigenvalue weighted by molar-refractivity contribution is -0.117. The van der Waals surface area contributed by atoms with E-state index in [0.717, 1.165) is 26.9 Å². The van der Waals surface area contributed by atoms with Crippen molar-refractivity contribution in [1.82, 2.24) is 5.32 Å². The summed E-state index contributed by atoms with van der Waals surface area (Å²) in [5, 5.41) is 3.84. The minimum Gasteiger partial charge on any atom is -0.468 e. The molecule has 2 aromatic carbocycles. The summed E-state index contributed by atoms with van der Waals surface area (Å²) in [7, 11) is 0. The second-order valence-corrected chi connectivity index (χ2v) is 7.55. The van der Waals surface area contributed by atoms with Gasteiger partial charge in [0.1, 0.15) is 5.76 Å². The van der Waals surface area contributed by atoms with Crippen molar-refractivity contribution in [1.29, 1.82) is 0 Å². The Morgan fingerprint density at radius 2 is 1.96 bits per heavy atom. The van der Waals surface area contributed by atoms with E-state index in [1.807, 2.05) is 61.5 Å². The fraction of sp³-hybridized carbons (Fsp3) is 0.150. The molecule has 0 unspecified atom stereocenters. The largest absolute Gasteiger partial charge is 0.468 e. The van der Waals surface area contributed by atoms with Gasteiger partial charge in [0.15, 0.2) is 0 Å². The van der Waals surface area contributed by atoms with Crippen molar-refractivity contribution in [3.05, 3.63) is 71.6 Å². The van der Waals surface area contributed by atoms with Gasteiger partial charge < -0.3 is 4.42 Å². The smallest absolute Gasteiger partial charge is 0.245 e. The van der Waals surface area contributed by atoms with Crippen LogP contribution in [0.5, 0.6) is 0 Å². The van der Waals surface area contributed by atoms with Crippen molar-refractivity contribution in [3.63, 3.8) is 0 Å². The molecule has 1 atom stereocenters. The molecule has 132 valence electrons. The van der Waals surface area contributed by atoms with E-state index in [2.05, 4.69) is 5.32 Å². The molecule has 3 aromatic rings. The summed E-state index contributed by atoms with van der Waals surface area (Å²) in [4.78, 5) is 16.9. The third-order valence-electron chi connectivity index (χ3n) is 4.27. The Kier molecular flexibility index (Phi) is 4.76. The average Bonchev–Trinajstić information content (AvgIpc) is 3.19. The van der Waals surface area contributed by atoms with E-state index in [9.17, 15) is 4.79 Å². The van der Waals surface area contributed by atoms with Crippen LogP contribution in [-0.2, 0) is 4.79 Å². The quantitative estimate of drug-likeness (QED) is 0.653. The lowest BCUT2D eigenvalue weighted by Gasteiger charge is -2.31. The number of rotatable bonds is 4. The zero-order chi connectivity index (χ0) is 18.1. The molecule has 1 aliphatic heterocycles. The van der Waals surface area contributed by atoms with Crippen LogP contribution in [0.25, 0.3) is 0 Å². The van der Waals surface area contributed by atoms with Crippen LogP contribution in [0.2, 0.25) is 5.02 Å². The number of furan rings is 1. The molecule has 4 rings (SSSR count). The number of benzene rings is 2. The fourth-order valence-corrected chi connectivity index (χ4v) is 4.16. The van der Waals surface area contributed by atoms with Crippen LogP contribution < -0.4 is 10.2 Å². The Morgan fingerprint density at radius 3 is 2.77 bits per heavy atom. The molecule has 0 bridgehead atoms. The van der Waals surface area contributed by atoms with Crippen LogP contribution in [0.3, 0.4) is 0 Å². The maximum absolute atomic E-state index is 13.1. The van der Waals surface area contributed by atoms with Crippen molar-refractivity contribution in [2.24, 2.45) is 0 Å². The Hall–Kier alpha value is -2.21. The first kappa shape index (κ1) is 17.2. The molecule has 0 spiro atoms. The van der Waals surface area contributed by atoms with Gasteiger partial charge in [0, 0.05) is 14.8 Å². The molecule has 1 aliphatic rings. The normalized spacial score (nSPS) is 13.8. The predicted octanol–water partition coefficient (Wildman–Crippen LogP) is 5.41. The van der Waals surface area contributed by atoms with Crippen LogP contribution in [0.4, 0.5) is 11.4 Å². The highest BCUT2D eigenvalue weighted by atomic mass is 35.5. The third-order valence-corrected chi connectivity index (χ3v) is 5.63. The van der Waals surface area contributed by atoms with E-state index >= 15 is 0 Å². The predicted molar refractivity (Wildman–Crippen MR) is 104 cm³/mol. The zero-order valence-corrected chi connectivity index (χ0v) is 15.7. The molecule has 0 saturated carbocycles. The number of amides is 1. The summed E-state index contributed by atoms with van der Waals surface area (Å²) in [6, 6.07) is 17.2. The summed E-state index contributed by atoms with van der Waals surface area (Å²) in [6.07, 6.45) is 1.63. The number of nitrogens with one attached hydrogen (secondary N) is 1. The lowest BCUT2D eigenvalue weighted by Crippen LogP contribution is -2.37. The SMILES string of the molecule is C[C@@H](NCC(=O)N1c2ccccc2Sc2ccc(Cl)cc21)c1ccco1. The Bertz CT molecular complexity index is 943. The van der Waals surface area contributed by atoms with Crippen LogP contribution >= 0.6 is 23.4 Å². The zero-order valence-electron chi connectivity index (χ0n) is 14.1. The molecule has 26 heavy (non-hydrogen) atoms. The van der Waals surface area contributed by atoms with Gasteiger partial charge in [-0.25, -0.2) is 0 Å². The van der Waals surface area contributed by atoms with E-state index in [1.54, 1.807) is 22.9 Å². The van der Waals surface area contributed by atoms with E-state index in [-0.39, 0.29) is 18.5 Å². The van der Waals surface area contributed by atoms with Gasteiger partial charge in [0.2, 0.25) is 5.91 Å². The monoisotopic (exact) mass is 384 g/mol. The van der Waals surface area contributed by atoms with Crippen LogP contribution in [-0.4, -0.2) is 12.5 Å². The minimum atomic E-state index is -0.0535. The molecule has 6 heteroatoms.